The van der Waals surface area contributed by atoms with Gasteiger partial charge in [-0.2, -0.15) is 0 Å². The minimum atomic E-state index is -1.16. The summed E-state index contributed by atoms with van der Waals surface area (Å²) in [6.07, 6.45) is 0. The fourth-order valence-electron chi connectivity index (χ4n) is 3.32. The zero-order chi connectivity index (χ0) is 17.6. The van der Waals surface area contributed by atoms with Crippen LogP contribution in [-0.4, -0.2) is 16.2 Å². The number of carbonyl (C=O) groups excluding carboxylic acids is 1. The molecule has 0 spiro atoms. The van der Waals surface area contributed by atoms with E-state index in [1.54, 1.807) is 30.3 Å². The van der Waals surface area contributed by atoms with Crippen LogP contribution in [0.4, 0.5) is 0 Å². The lowest BCUT2D eigenvalue weighted by atomic mass is 9.70. The second kappa shape index (κ2) is 5.63. The Labute approximate surface area is 152 Å². The Balaban J connectivity index is 2.05. The van der Waals surface area contributed by atoms with E-state index in [9.17, 15) is 15.0 Å². The summed E-state index contributed by atoms with van der Waals surface area (Å²) in [5.74, 6) is 0.0398. The highest BCUT2D eigenvalue weighted by Gasteiger charge is 2.52. The molecule has 124 valence electrons. The van der Waals surface area contributed by atoms with E-state index in [-0.39, 0.29) is 11.5 Å². The van der Waals surface area contributed by atoms with Crippen LogP contribution in [0.15, 0.2) is 71.2 Å². The molecule has 1 heterocycles. The number of fused-ring (bicyclic) bond motifs is 1. The van der Waals surface area contributed by atoms with Crippen molar-refractivity contribution in [2.45, 2.75) is 5.41 Å². The van der Waals surface area contributed by atoms with Gasteiger partial charge in [0.1, 0.15) is 22.7 Å². The summed E-state index contributed by atoms with van der Waals surface area (Å²) in [4.78, 5) is 13.1. The van der Waals surface area contributed by atoms with Gasteiger partial charge in [-0.15, -0.1) is 0 Å². The molecule has 25 heavy (non-hydrogen) atoms. The lowest BCUT2D eigenvalue weighted by Crippen LogP contribution is -2.36. The number of esters is 1. The number of hydrogen-bond donors (Lipinski definition) is 2. The quantitative estimate of drug-likeness (QED) is 0.505. The van der Waals surface area contributed by atoms with Gasteiger partial charge >= 0.3 is 5.97 Å². The third kappa shape index (κ3) is 2.31. The molecular weight excluding hydrogens is 384 g/mol. The van der Waals surface area contributed by atoms with Gasteiger partial charge in [-0.25, -0.2) is 4.79 Å². The highest BCUT2D eigenvalue weighted by atomic mass is 79.9. The van der Waals surface area contributed by atoms with Gasteiger partial charge in [0.25, 0.3) is 0 Å². The molecule has 0 saturated carbocycles. The van der Waals surface area contributed by atoms with Crippen LogP contribution in [-0.2, 0) is 10.2 Å². The summed E-state index contributed by atoms with van der Waals surface area (Å²) in [6, 6.07) is 18.6. The van der Waals surface area contributed by atoms with E-state index in [4.69, 9.17) is 4.74 Å². The number of hydrogen-bond acceptors (Lipinski definition) is 4. The number of rotatable bonds is 2. The van der Waals surface area contributed by atoms with Crippen molar-refractivity contribution in [3.63, 3.8) is 0 Å². The van der Waals surface area contributed by atoms with Crippen molar-refractivity contribution >= 4 is 21.9 Å². The predicted octanol–water partition coefficient (Wildman–Crippen LogP) is 4.11. The maximum absolute atomic E-state index is 13.1. The fraction of sp³-hybridized carbons (Fsp3) is 0.0500. The molecule has 1 atom stereocenters. The van der Waals surface area contributed by atoms with Crippen LogP contribution in [0, 0.1) is 0 Å². The SMILES string of the molecule is O=C1Oc2cc(O)ccc2C1(c1ccc(O)cc1)c1ccc(Br)cc1. The van der Waals surface area contributed by atoms with E-state index >= 15 is 0 Å². The van der Waals surface area contributed by atoms with Crippen LogP contribution in [0.5, 0.6) is 17.2 Å². The Morgan fingerprint density at radius 3 is 2.00 bits per heavy atom. The van der Waals surface area contributed by atoms with Crippen LogP contribution >= 0.6 is 15.9 Å². The van der Waals surface area contributed by atoms with Gasteiger partial charge in [0.2, 0.25) is 0 Å². The van der Waals surface area contributed by atoms with Gasteiger partial charge in [-0.05, 0) is 47.5 Å². The molecule has 3 aromatic carbocycles. The second-order valence-electron chi connectivity index (χ2n) is 5.87. The number of halogens is 1. The number of benzene rings is 3. The summed E-state index contributed by atoms with van der Waals surface area (Å²) in [5.41, 5.74) is 0.929. The second-order valence-corrected chi connectivity index (χ2v) is 6.79. The number of carbonyl (C=O) groups is 1. The van der Waals surface area contributed by atoms with E-state index in [1.807, 2.05) is 24.3 Å². The summed E-state index contributed by atoms with van der Waals surface area (Å²) < 4.78 is 6.40. The number of phenolic OH excluding ortho intramolecular Hbond substituents is 2. The van der Waals surface area contributed by atoms with Crippen molar-refractivity contribution in [1.82, 2.24) is 0 Å². The molecule has 2 N–H and O–H groups in total. The van der Waals surface area contributed by atoms with Crippen molar-refractivity contribution in [3.8, 4) is 17.2 Å². The molecule has 0 saturated heterocycles. The van der Waals surface area contributed by atoms with Crippen molar-refractivity contribution < 1.29 is 19.7 Å². The van der Waals surface area contributed by atoms with Crippen LogP contribution in [0.1, 0.15) is 16.7 Å². The van der Waals surface area contributed by atoms with Crippen LogP contribution < -0.4 is 4.74 Å². The molecule has 1 aliphatic rings. The van der Waals surface area contributed by atoms with Gasteiger partial charge in [0.15, 0.2) is 0 Å². The first-order valence-corrected chi connectivity index (χ1v) is 8.42. The average Bonchev–Trinajstić information content (AvgIpc) is 2.88. The Bertz CT molecular complexity index is 916. The standard InChI is InChI=1S/C20H13BrO4/c21-14-5-1-12(2-6-14)20(13-3-7-15(22)8-4-13)17-10-9-16(23)11-18(17)25-19(20)24/h1-11,22-23H. The first-order chi connectivity index (χ1) is 12.0. The number of aromatic hydroxyl groups is 2. The van der Waals surface area contributed by atoms with Crippen molar-refractivity contribution in [3.05, 3.63) is 87.9 Å². The molecule has 0 radical (unpaired) electrons. The van der Waals surface area contributed by atoms with Gasteiger partial charge in [0.05, 0.1) is 0 Å². The Kier molecular flexibility index (Phi) is 3.54. The Hall–Kier alpha value is -2.79. The van der Waals surface area contributed by atoms with E-state index in [0.29, 0.717) is 16.9 Å². The number of phenols is 2. The largest absolute Gasteiger partial charge is 0.508 e. The molecule has 0 aliphatic carbocycles. The first-order valence-electron chi connectivity index (χ1n) is 7.63. The average molecular weight is 397 g/mol. The predicted molar refractivity (Wildman–Crippen MR) is 95.9 cm³/mol. The maximum atomic E-state index is 13.1. The first kappa shape index (κ1) is 15.7. The van der Waals surface area contributed by atoms with Gasteiger partial charge in [-0.3, -0.25) is 0 Å². The summed E-state index contributed by atoms with van der Waals surface area (Å²) in [5, 5.41) is 19.4. The normalized spacial score (nSPS) is 18.7. The van der Waals surface area contributed by atoms with Gasteiger partial charge < -0.3 is 14.9 Å². The zero-order valence-electron chi connectivity index (χ0n) is 12.9. The molecular formula is C20H13BrO4. The van der Waals surface area contributed by atoms with Crippen molar-refractivity contribution in [2.24, 2.45) is 0 Å². The molecule has 5 heteroatoms. The minimum Gasteiger partial charge on any atom is -0.508 e. The third-order valence-electron chi connectivity index (χ3n) is 4.46. The lowest BCUT2D eigenvalue weighted by molar-refractivity contribution is -0.135. The summed E-state index contributed by atoms with van der Waals surface area (Å²) in [6.45, 7) is 0. The molecule has 4 nitrogen and oxygen atoms in total. The molecule has 0 amide bonds. The van der Waals surface area contributed by atoms with Gasteiger partial charge in [-0.1, -0.05) is 40.2 Å². The van der Waals surface area contributed by atoms with E-state index in [0.717, 1.165) is 10.0 Å². The fourth-order valence-corrected chi connectivity index (χ4v) is 3.58. The monoisotopic (exact) mass is 396 g/mol. The Morgan fingerprint density at radius 1 is 0.800 bits per heavy atom. The molecule has 3 aromatic rings. The molecule has 1 aliphatic heterocycles. The van der Waals surface area contributed by atoms with Gasteiger partial charge in [0, 0.05) is 16.1 Å². The van der Waals surface area contributed by atoms with Crippen LogP contribution in [0.3, 0.4) is 0 Å². The van der Waals surface area contributed by atoms with Crippen LogP contribution in [0.25, 0.3) is 0 Å². The zero-order valence-corrected chi connectivity index (χ0v) is 14.5. The topological polar surface area (TPSA) is 66.8 Å². The number of ether oxygens (including phenoxy) is 1. The highest BCUT2D eigenvalue weighted by Crippen LogP contribution is 2.50. The van der Waals surface area contributed by atoms with Crippen molar-refractivity contribution in [2.75, 3.05) is 0 Å². The molecule has 4 rings (SSSR count). The molecule has 0 bridgehead atoms. The van der Waals surface area contributed by atoms with E-state index < -0.39 is 11.4 Å². The molecule has 0 aromatic heterocycles. The smallest absolute Gasteiger partial charge is 0.331 e. The molecule has 1 unspecified atom stereocenters. The van der Waals surface area contributed by atoms with E-state index in [1.165, 1.54) is 12.1 Å². The summed E-state index contributed by atoms with van der Waals surface area (Å²) >= 11 is 3.41. The van der Waals surface area contributed by atoms with E-state index in [2.05, 4.69) is 15.9 Å². The third-order valence-corrected chi connectivity index (χ3v) is 4.98. The minimum absolute atomic E-state index is 0.0314. The van der Waals surface area contributed by atoms with Crippen LogP contribution in [0.2, 0.25) is 0 Å². The lowest BCUT2D eigenvalue weighted by Gasteiger charge is -2.27. The molecule has 0 fully saturated rings. The maximum Gasteiger partial charge on any atom is 0.331 e. The van der Waals surface area contributed by atoms with Crippen molar-refractivity contribution in [1.29, 1.82) is 0 Å². The summed E-state index contributed by atoms with van der Waals surface area (Å²) in [7, 11) is 0. The Morgan fingerprint density at radius 2 is 1.36 bits per heavy atom. The highest BCUT2D eigenvalue weighted by molar-refractivity contribution is 9.10.